The third-order valence-corrected chi connectivity index (χ3v) is 13.2. The van der Waals surface area contributed by atoms with Gasteiger partial charge < -0.3 is 33.7 Å². The number of benzene rings is 4. The maximum atomic E-state index is 14.3. The van der Waals surface area contributed by atoms with Crippen LogP contribution in [0.5, 0.6) is 28.9 Å². The van der Waals surface area contributed by atoms with Crippen LogP contribution in [-0.2, 0) is 22.6 Å². The lowest BCUT2D eigenvalue weighted by Gasteiger charge is -2.34. The molecular formula is C49H44ClFN6O8S. The van der Waals surface area contributed by atoms with Gasteiger partial charge in [0.05, 0.1) is 41.9 Å². The molecule has 2 atom stereocenters. The number of carboxylic acid groups (broad SMARTS) is 1. The van der Waals surface area contributed by atoms with E-state index < -0.39 is 24.0 Å². The number of carbonyl (C=O) groups is 2. The summed E-state index contributed by atoms with van der Waals surface area (Å²) < 4.78 is 45.7. The summed E-state index contributed by atoms with van der Waals surface area (Å²) in [5, 5.41) is 11.6. The minimum Gasteiger partial charge on any atom is -0.496 e. The van der Waals surface area contributed by atoms with Crippen LogP contribution in [-0.4, -0.2) is 106 Å². The molecule has 1 fully saturated rings. The molecule has 7 aromatic rings. The number of para-hydroxylation sites is 1. The Bertz CT molecular complexity index is 2940. The average Bonchev–Trinajstić information content (AvgIpc) is 3.71. The lowest BCUT2D eigenvalue weighted by Crippen LogP contribution is -2.51. The number of ether oxygens (including phenoxy) is 5. The lowest BCUT2D eigenvalue weighted by molar-refractivity contribution is -0.145. The van der Waals surface area contributed by atoms with Crippen molar-refractivity contribution in [1.82, 2.24) is 29.7 Å². The number of carbonyl (C=O) groups excluding carboxylic acids is 1. The molecule has 6 heterocycles. The number of likely N-dealkylation sites (N-methyl/N-ethyl adjacent to an activating group) is 1. The number of piperazine rings is 1. The van der Waals surface area contributed by atoms with E-state index in [9.17, 15) is 19.1 Å². The van der Waals surface area contributed by atoms with Gasteiger partial charge in [-0.1, -0.05) is 41.9 Å². The Morgan fingerprint density at radius 2 is 1.82 bits per heavy atom. The van der Waals surface area contributed by atoms with E-state index in [1.54, 1.807) is 67.7 Å². The van der Waals surface area contributed by atoms with Crippen LogP contribution in [0.15, 0.2) is 97.5 Å². The van der Waals surface area contributed by atoms with E-state index in [1.165, 1.54) is 29.8 Å². The number of hydrogen-bond donors (Lipinski definition) is 1. The third-order valence-electron chi connectivity index (χ3n) is 11.6. The van der Waals surface area contributed by atoms with Gasteiger partial charge >= 0.3 is 5.97 Å². The summed E-state index contributed by atoms with van der Waals surface area (Å²) in [5.74, 6) is 0.780. The van der Waals surface area contributed by atoms with E-state index in [4.69, 9.17) is 40.3 Å². The number of aliphatic carboxylic acids is 1. The van der Waals surface area contributed by atoms with Gasteiger partial charge in [0.15, 0.2) is 5.82 Å². The molecule has 3 aliphatic rings. The fraction of sp³-hybridized carbons (Fsp3) is 0.265. The minimum atomic E-state index is -1.46. The van der Waals surface area contributed by atoms with Crippen LogP contribution < -0.4 is 23.7 Å². The van der Waals surface area contributed by atoms with Crippen LogP contribution in [0, 0.1) is 12.7 Å². The summed E-state index contributed by atoms with van der Waals surface area (Å²) in [5.41, 5.74) is 4.48. The van der Waals surface area contributed by atoms with Crippen molar-refractivity contribution in [2.75, 3.05) is 46.9 Å². The van der Waals surface area contributed by atoms with E-state index in [-0.39, 0.29) is 38.0 Å². The van der Waals surface area contributed by atoms with E-state index in [0.29, 0.717) is 109 Å². The first-order valence-electron chi connectivity index (χ1n) is 21.2. The number of carboxylic acids is 1. The highest BCUT2D eigenvalue weighted by molar-refractivity contribution is 7.22. The highest BCUT2D eigenvalue weighted by Gasteiger charge is 2.30. The van der Waals surface area contributed by atoms with Crippen molar-refractivity contribution in [2.45, 2.75) is 38.6 Å². The molecule has 0 spiro atoms. The molecule has 3 aliphatic heterocycles. The highest BCUT2D eigenvalue weighted by Crippen LogP contribution is 2.50. The topological polar surface area (TPSA) is 159 Å². The third kappa shape index (κ3) is 9.43. The first-order valence-corrected chi connectivity index (χ1v) is 22.4. The molecule has 17 heteroatoms. The maximum Gasteiger partial charge on any atom is 0.345 e. The van der Waals surface area contributed by atoms with Gasteiger partial charge in [-0.05, 0) is 78.2 Å². The largest absolute Gasteiger partial charge is 0.496 e. The second-order valence-electron chi connectivity index (χ2n) is 15.9. The van der Waals surface area contributed by atoms with Crippen molar-refractivity contribution < 1.29 is 42.8 Å². The highest BCUT2D eigenvalue weighted by atomic mass is 35.5. The molecule has 0 radical (unpaired) electrons. The first-order chi connectivity index (χ1) is 32.0. The fourth-order valence-electron chi connectivity index (χ4n) is 8.05. The maximum absolute atomic E-state index is 14.3. The molecule has 14 nitrogen and oxygen atoms in total. The Labute approximate surface area is 388 Å². The second kappa shape index (κ2) is 19.3. The van der Waals surface area contributed by atoms with Crippen LogP contribution in [0.25, 0.3) is 43.2 Å². The summed E-state index contributed by atoms with van der Waals surface area (Å²) in [4.78, 5) is 49.3. The van der Waals surface area contributed by atoms with E-state index >= 15 is 0 Å². The van der Waals surface area contributed by atoms with Crippen molar-refractivity contribution in [1.29, 1.82) is 0 Å². The summed E-state index contributed by atoms with van der Waals surface area (Å²) in [6.45, 7) is 4.06. The van der Waals surface area contributed by atoms with Crippen molar-refractivity contribution >= 4 is 45.0 Å². The SMILES string of the molecule is COc1ccccc1-c1nccc(COc2ccc3cc2C[C@H](C(=O)O)Oc2ncnc4sc(-c5ccc(F)cc5)c(c24)-c2ccc(c(Cl)c2C)O[C@H](CN2CCN(C)C(=O)C2)CCO3)n1. The standard InChI is InChI=1S/C49H44ClFN6O8S/c1-28-35-13-15-39(44(28)50)64-34(24-57-20-19-56(2)41(58)25-57)17-21-62-33-12-14-37(63-26-32-16-18-52-46(55-32)36-6-4-5-7-38(36)61-3)30(22-33)23-40(49(59)60)65-47-43-42(35)45(66-48(43)54-27-53-47)29-8-10-31(51)11-9-29/h4-16,18,22,27,34,40H,17,19-21,23-26H2,1-3H3,(H,59,60)/t34-,40+/m0/s1. The lowest BCUT2D eigenvalue weighted by atomic mass is 9.95. The molecule has 1 saturated heterocycles. The molecule has 4 bridgehead atoms. The zero-order chi connectivity index (χ0) is 45.9. The zero-order valence-electron chi connectivity index (χ0n) is 36.2. The van der Waals surface area contributed by atoms with Crippen molar-refractivity contribution in [3.8, 4) is 61.8 Å². The van der Waals surface area contributed by atoms with Gasteiger partial charge in [-0.15, -0.1) is 11.3 Å². The van der Waals surface area contributed by atoms with Gasteiger partial charge in [0, 0.05) is 61.7 Å². The van der Waals surface area contributed by atoms with Gasteiger partial charge in [-0.3, -0.25) is 9.69 Å². The van der Waals surface area contributed by atoms with Gasteiger partial charge in [0.1, 0.15) is 52.7 Å². The van der Waals surface area contributed by atoms with E-state index in [1.807, 2.05) is 37.3 Å². The molecule has 66 heavy (non-hydrogen) atoms. The normalized spacial score (nSPS) is 16.7. The quantitative estimate of drug-likeness (QED) is 0.147. The van der Waals surface area contributed by atoms with Crippen LogP contribution in [0.2, 0.25) is 5.02 Å². The van der Waals surface area contributed by atoms with Crippen molar-refractivity contribution in [3.05, 3.63) is 125 Å². The van der Waals surface area contributed by atoms with Crippen LogP contribution >= 0.6 is 22.9 Å². The molecule has 10 rings (SSSR count). The molecule has 0 aliphatic carbocycles. The Morgan fingerprint density at radius 1 is 0.985 bits per heavy atom. The minimum absolute atomic E-state index is 0.0225. The number of halogens is 2. The number of nitrogens with zero attached hydrogens (tertiary/aromatic N) is 6. The average molecular weight is 931 g/mol. The number of methoxy groups -OCH3 is 1. The monoisotopic (exact) mass is 930 g/mol. The molecule has 3 aromatic heterocycles. The van der Waals surface area contributed by atoms with E-state index in [2.05, 4.69) is 19.9 Å². The van der Waals surface area contributed by atoms with Gasteiger partial charge in [-0.25, -0.2) is 29.1 Å². The number of fused-ring (bicyclic) bond motifs is 8. The molecule has 1 N–H and O–H groups in total. The molecule has 1 amide bonds. The molecular weight excluding hydrogens is 887 g/mol. The van der Waals surface area contributed by atoms with Crippen molar-refractivity contribution in [2.24, 2.45) is 0 Å². The molecule has 0 saturated carbocycles. The van der Waals surface area contributed by atoms with Crippen LogP contribution in [0.4, 0.5) is 4.39 Å². The Kier molecular flexibility index (Phi) is 13.0. The Hall–Kier alpha value is -6.88. The first kappa shape index (κ1) is 44.3. The van der Waals surface area contributed by atoms with Crippen LogP contribution in [0.3, 0.4) is 0 Å². The Morgan fingerprint density at radius 3 is 2.62 bits per heavy atom. The molecule has 0 unspecified atom stereocenters. The van der Waals surface area contributed by atoms with Gasteiger partial charge in [0.2, 0.25) is 17.9 Å². The number of rotatable bonds is 9. The summed E-state index contributed by atoms with van der Waals surface area (Å²) in [6, 6.07) is 24.2. The van der Waals surface area contributed by atoms with E-state index in [0.717, 1.165) is 4.88 Å². The summed E-state index contributed by atoms with van der Waals surface area (Å²) >= 11 is 8.54. The zero-order valence-corrected chi connectivity index (χ0v) is 37.8. The predicted octanol–water partition coefficient (Wildman–Crippen LogP) is 8.55. The van der Waals surface area contributed by atoms with Gasteiger partial charge in [0.25, 0.3) is 0 Å². The van der Waals surface area contributed by atoms with Crippen molar-refractivity contribution in [3.63, 3.8) is 0 Å². The predicted molar refractivity (Wildman–Crippen MR) is 247 cm³/mol. The second-order valence-corrected chi connectivity index (χ2v) is 17.3. The number of aromatic nitrogens is 4. The molecule has 338 valence electrons. The molecule has 4 aromatic carbocycles. The van der Waals surface area contributed by atoms with Crippen LogP contribution in [0.1, 0.15) is 23.2 Å². The fourth-order valence-corrected chi connectivity index (χ4v) is 9.42. The smallest absolute Gasteiger partial charge is 0.345 e. The number of hydrogen-bond acceptors (Lipinski definition) is 13. The summed E-state index contributed by atoms with van der Waals surface area (Å²) in [7, 11) is 3.38. The van der Waals surface area contributed by atoms with Gasteiger partial charge in [-0.2, -0.15) is 0 Å². The number of amides is 1. The number of thiophene rings is 1. The summed E-state index contributed by atoms with van der Waals surface area (Å²) in [6.07, 6.45) is 1.32. The Balaban J connectivity index is 1.13.